The van der Waals surface area contributed by atoms with Crippen LogP contribution in [-0.2, 0) is 9.59 Å². The van der Waals surface area contributed by atoms with Gasteiger partial charge in [-0.25, -0.2) is 0 Å². The fraction of sp³-hybridized carbons (Fsp3) is 0.583. The second kappa shape index (κ2) is 7.90. The Morgan fingerprint density at radius 1 is 0.962 bits per heavy atom. The molecule has 0 bridgehead atoms. The Hall–Kier alpha value is -1.70. The van der Waals surface area contributed by atoms with E-state index in [4.69, 9.17) is 0 Å². The molecule has 2 nitrogen and oxygen atoms in total. The zero-order valence-corrected chi connectivity index (χ0v) is 15.2. The van der Waals surface area contributed by atoms with Crippen molar-refractivity contribution in [3.63, 3.8) is 0 Å². The average Bonchev–Trinajstić information content (AvgIpc) is 3.05. The van der Waals surface area contributed by atoms with Crippen LogP contribution in [0.3, 0.4) is 0 Å². The van der Waals surface area contributed by atoms with E-state index >= 15 is 0 Å². The molecule has 0 heterocycles. The second-order valence-corrected chi connectivity index (χ2v) is 8.29. The minimum absolute atomic E-state index is 0. The van der Waals surface area contributed by atoms with Crippen molar-refractivity contribution in [2.45, 2.75) is 61.8 Å². The van der Waals surface area contributed by atoms with E-state index in [1.165, 1.54) is 18.9 Å². The molecule has 0 aromatic carbocycles. The first-order valence-electron chi connectivity index (χ1n) is 9.10. The molecule has 0 N–H and O–H groups in total. The summed E-state index contributed by atoms with van der Waals surface area (Å²) in [6.45, 7) is 8.81. The molecule has 0 fully saturated rings. The summed E-state index contributed by atoms with van der Waals surface area (Å²) in [7, 11) is 0. The van der Waals surface area contributed by atoms with Crippen LogP contribution in [0, 0.1) is 28.6 Å². The van der Waals surface area contributed by atoms with E-state index in [-0.39, 0.29) is 37.8 Å². The van der Waals surface area contributed by atoms with Gasteiger partial charge in [-0.3, -0.25) is 9.59 Å². The normalized spacial score (nSPS) is 39.1. The third-order valence-electron chi connectivity index (χ3n) is 6.85. The van der Waals surface area contributed by atoms with Crippen molar-refractivity contribution in [1.82, 2.24) is 0 Å². The molecular formula is C24H36O2. The Kier molecular flexibility index (Phi) is 6.79. The Labute approximate surface area is 160 Å². The van der Waals surface area contributed by atoms with Gasteiger partial charge in [0.2, 0.25) is 0 Å². The Morgan fingerprint density at radius 3 is 2.31 bits per heavy atom. The third-order valence-corrected chi connectivity index (χ3v) is 6.85. The lowest BCUT2D eigenvalue weighted by atomic mass is 9.67. The monoisotopic (exact) mass is 356 g/mol. The van der Waals surface area contributed by atoms with Crippen molar-refractivity contribution in [2.75, 3.05) is 0 Å². The minimum atomic E-state index is -0.189. The summed E-state index contributed by atoms with van der Waals surface area (Å²) in [5, 5.41) is 0. The number of carbonyl (C=O) groups excluding carboxylic acids is 2. The van der Waals surface area contributed by atoms with E-state index in [1.54, 1.807) is 6.08 Å². The summed E-state index contributed by atoms with van der Waals surface area (Å²) < 4.78 is 0. The first-order chi connectivity index (χ1) is 11.3. The number of rotatable bonds is 0. The Balaban J connectivity index is 0.000000244. The fourth-order valence-corrected chi connectivity index (χ4v) is 4.45. The van der Waals surface area contributed by atoms with Gasteiger partial charge in [-0.05, 0) is 48.2 Å². The van der Waals surface area contributed by atoms with Crippen LogP contribution in [-0.4, -0.2) is 11.6 Å². The molecule has 0 aliphatic heterocycles. The molecular weight excluding hydrogens is 320 g/mol. The molecule has 26 heavy (non-hydrogen) atoms. The topological polar surface area (TPSA) is 34.1 Å². The highest BCUT2D eigenvalue weighted by Crippen LogP contribution is 2.48. The lowest BCUT2D eigenvalue weighted by molar-refractivity contribution is -0.118. The lowest BCUT2D eigenvalue weighted by Crippen LogP contribution is -2.31. The van der Waals surface area contributed by atoms with E-state index in [0.29, 0.717) is 17.4 Å². The maximum Gasteiger partial charge on any atom is 0.182 e. The van der Waals surface area contributed by atoms with Crippen molar-refractivity contribution >= 4 is 11.6 Å². The maximum absolute atomic E-state index is 11.4. The van der Waals surface area contributed by atoms with Crippen LogP contribution in [0.5, 0.6) is 0 Å². The van der Waals surface area contributed by atoms with Crippen molar-refractivity contribution in [2.24, 2.45) is 28.6 Å². The number of hydrogen-bond acceptors (Lipinski definition) is 2. The highest BCUT2D eigenvalue weighted by Gasteiger charge is 2.43. The van der Waals surface area contributed by atoms with Gasteiger partial charge in [0.15, 0.2) is 11.6 Å². The number of hydrogen-bond donors (Lipinski definition) is 0. The van der Waals surface area contributed by atoms with Gasteiger partial charge in [0.1, 0.15) is 0 Å². The number of allylic oxidation sites excluding steroid dienone is 8. The maximum atomic E-state index is 11.4. The predicted molar refractivity (Wildman–Crippen MR) is 111 cm³/mol. The Morgan fingerprint density at radius 2 is 1.65 bits per heavy atom. The van der Waals surface area contributed by atoms with Crippen molar-refractivity contribution in [3.05, 3.63) is 48.1 Å². The molecule has 0 spiro atoms. The summed E-state index contributed by atoms with van der Waals surface area (Å²) in [5.74, 6) is 1.95. The van der Waals surface area contributed by atoms with Gasteiger partial charge < -0.3 is 0 Å². The van der Waals surface area contributed by atoms with E-state index in [2.05, 4.69) is 38.2 Å². The van der Waals surface area contributed by atoms with Gasteiger partial charge in [-0.2, -0.15) is 0 Å². The number of ketones is 2. The van der Waals surface area contributed by atoms with E-state index in [0.717, 1.165) is 11.8 Å². The molecule has 144 valence electrons. The largest absolute Gasteiger partial charge is 0.295 e. The first-order valence-corrected chi connectivity index (χ1v) is 9.10. The van der Waals surface area contributed by atoms with Gasteiger partial charge in [-0.15, -0.1) is 0 Å². The lowest BCUT2D eigenvalue weighted by Gasteiger charge is -2.37. The molecule has 0 saturated heterocycles. The second-order valence-electron chi connectivity index (χ2n) is 8.29. The summed E-state index contributed by atoms with van der Waals surface area (Å²) in [4.78, 5) is 22.6. The van der Waals surface area contributed by atoms with Crippen LogP contribution >= 0.6 is 0 Å². The average molecular weight is 357 g/mol. The molecule has 0 amide bonds. The molecule has 2 heteroatoms. The molecule has 4 rings (SSSR count). The fourth-order valence-electron chi connectivity index (χ4n) is 4.45. The standard InChI is InChI=1S/C11H12O2.C11H16.2CH4/c1-7-5-8(12)6-9-10(13)3-4-11(7,9)2;1-9-5-3-6-10-7-4-8-11(9,10)2;;/h3-4,6-7H,5H2,1-2H3;3-4,6,8-10H,5,7H2,1-2H3;2*1H4/t7-,11+;9-,10+,11+;;/m11../s1. The molecule has 5 atom stereocenters. The van der Waals surface area contributed by atoms with Crippen LogP contribution in [0.2, 0.25) is 0 Å². The summed E-state index contributed by atoms with van der Waals surface area (Å²) in [6, 6.07) is 0. The quantitative estimate of drug-likeness (QED) is 0.491. The molecule has 4 aliphatic rings. The summed E-state index contributed by atoms with van der Waals surface area (Å²) in [5.41, 5.74) is 0.968. The molecule has 0 aromatic rings. The smallest absolute Gasteiger partial charge is 0.182 e. The highest BCUT2D eigenvalue weighted by atomic mass is 16.1. The van der Waals surface area contributed by atoms with Crippen LogP contribution < -0.4 is 0 Å². The van der Waals surface area contributed by atoms with Gasteiger partial charge in [0.25, 0.3) is 0 Å². The van der Waals surface area contributed by atoms with E-state index in [9.17, 15) is 9.59 Å². The predicted octanol–water partition coefficient (Wildman–Crippen LogP) is 6.10. The van der Waals surface area contributed by atoms with Gasteiger partial charge in [0, 0.05) is 17.4 Å². The minimum Gasteiger partial charge on any atom is -0.295 e. The van der Waals surface area contributed by atoms with Gasteiger partial charge >= 0.3 is 0 Å². The van der Waals surface area contributed by atoms with Crippen LogP contribution in [0.15, 0.2) is 48.1 Å². The molecule has 4 aliphatic carbocycles. The van der Waals surface area contributed by atoms with Crippen molar-refractivity contribution in [1.29, 1.82) is 0 Å². The SMILES string of the molecule is C.C.C[C@@H]1CC(=O)C=C2C(=O)C=C[C@]21C.C[C@@H]1CC=C[C@H]2CC=C[C@@]12C. The molecule has 0 aromatic heterocycles. The van der Waals surface area contributed by atoms with Crippen LogP contribution in [0.4, 0.5) is 0 Å². The van der Waals surface area contributed by atoms with Crippen LogP contribution in [0.25, 0.3) is 0 Å². The van der Waals surface area contributed by atoms with E-state index in [1.807, 2.05) is 19.9 Å². The van der Waals surface area contributed by atoms with Crippen molar-refractivity contribution < 1.29 is 9.59 Å². The molecule has 0 unspecified atom stereocenters. The third kappa shape index (κ3) is 3.56. The van der Waals surface area contributed by atoms with Crippen LogP contribution in [0.1, 0.15) is 61.8 Å². The zero-order chi connectivity index (χ0) is 17.5. The first kappa shape index (κ1) is 22.3. The number of carbonyl (C=O) groups is 2. The summed E-state index contributed by atoms with van der Waals surface area (Å²) in [6.07, 6.45) is 17.6. The zero-order valence-electron chi connectivity index (χ0n) is 15.2. The summed E-state index contributed by atoms with van der Waals surface area (Å²) >= 11 is 0. The van der Waals surface area contributed by atoms with E-state index < -0.39 is 0 Å². The molecule has 0 radical (unpaired) electrons. The van der Waals surface area contributed by atoms with Gasteiger partial charge in [0.05, 0.1) is 0 Å². The van der Waals surface area contributed by atoms with Crippen molar-refractivity contribution in [3.8, 4) is 0 Å². The highest BCUT2D eigenvalue weighted by molar-refractivity contribution is 6.13. The number of fused-ring (bicyclic) bond motifs is 2. The molecule has 0 saturated carbocycles. The Bertz CT molecular complexity index is 678. The van der Waals surface area contributed by atoms with Gasteiger partial charge in [-0.1, -0.05) is 72.9 Å².